The predicted molar refractivity (Wildman–Crippen MR) is 194 cm³/mol. The molecule has 2 N–H and O–H groups in total. The zero-order chi connectivity index (χ0) is 35.3. The van der Waals surface area contributed by atoms with Crippen LogP contribution in [-0.4, -0.2) is 66.8 Å². The van der Waals surface area contributed by atoms with Gasteiger partial charge in [-0.05, 0) is 61.4 Å². The molecule has 3 fully saturated rings. The number of terminal acetylenes is 1. The van der Waals surface area contributed by atoms with Crippen molar-refractivity contribution in [3.05, 3.63) is 90.1 Å². The van der Waals surface area contributed by atoms with Crippen molar-refractivity contribution in [3.8, 4) is 29.6 Å². The maximum absolute atomic E-state index is 16.7. The first kappa shape index (κ1) is 32.3. The number of hydrogen-bond donors (Lipinski definition) is 2. The van der Waals surface area contributed by atoms with Crippen molar-refractivity contribution in [1.29, 1.82) is 0 Å². The fourth-order valence-electron chi connectivity index (χ4n) is 7.05. The quantitative estimate of drug-likeness (QED) is 0.170. The minimum absolute atomic E-state index is 0.0233. The Labute approximate surface area is 301 Å². The van der Waals surface area contributed by atoms with Crippen molar-refractivity contribution < 1.29 is 18.3 Å². The van der Waals surface area contributed by atoms with E-state index in [4.69, 9.17) is 11.2 Å². The molecule has 3 aliphatic rings. The van der Waals surface area contributed by atoms with Crippen LogP contribution in [0.1, 0.15) is 43.0 Å². The van der Waals surface area contributed by atoms with E-state index >= 15 is 4.39 Å². The molecular weight excluding hydrogens is 685 g/mol. The van der Waals surface area contributed by atoms with Crippen molar-refractivity contribution in [1.82, 2.24) is 34.4 Å². The van der Waals surface area contributed by atoms with E-state index < -0.39 is 24.1 Å². The summed E-state index contributed by atoms with van der Waals surface area (Å²) in [7, 11) is 0. The average molecular weight is 716 g/mol. The lowest BCUT2D eigenvalue weighted by Gasteiger charge is -2.34. The molecule has 1 amide bonds. The lowest BCUT2D eigenvalue weighted by atomic mass is 9.96. The van der Waals surface area contributed by atoms with Crippen LogP contribution in [0.15, 0.2) is 72.0 Å². The number of nitrogens with one attached hydrogen (secondary N) is 2. The predicted octanol–water partition coefficient (Wildman–Crippen LogP) is 6.09. The number of fused-ring (bicyclic) bond motifs is 4. The Bertz CT molecular complexity index is 2400. The number of hydrogen-bond acceptors (Lipinski definition) is 10. The lowest BCUT2D eigenvalue weighted by Crippen LogP contribution is -2.51. The number of carbonyl (C=O) groups excluding carboxylic acids is 1. The van der Waals surface area contributed by atoms with E-state index in [1.807, 2.05) is 12.1 Å². The monoisotopic (exact) mass is 715 g/mol. The number of piperazine rings is 1. The number of ether oxygens (including phenoxy) is 1. The largest absolute Gasteiger partial charge is 0.453 e. The van der Waals surface area contributed by atoms with Crippen molar-refractivity contribution >= 4 is 51.0 Å². The van der Waals surface area contributed by atoms with Gasteiger partial charge in [-0.3, -0.25) is 9.78 Å². The number of carbonyl (C=O) groups is 1. The van der Waals surface area contributed by atoms with Crippen molar-refractivity contribution in [2.75, 3.05) is 29.9 Å². The molecule has 2 bridgehead atoms. The highest BCUT2D eigenvalue weighted by Crippen LogP contribution is 2.39. The van der Waals surface area contributed by atoms with Gasteiger partial charge in [-0.1, -0.05) is 30.2 Å². The van der Waals surface area contributed by atoms with Gasteiger partial charge in [0.2, 0.25) is 0 Å². The van der Waals surface area contributed by atoms with Crippen LogP contribution in [0.25, 0.3) is 32.9 Å². The molecule has 260 valence electrons. The second-order valence-corrected chi connectivity index (χ2v) is 14.3. The molecule has 52 heavy (non-hydrogen) atoms. The van der Waals surface area contributed by atoms with Crippen molar-refractivity contribution in [3.63, 3.8) is 0 Å². The third kappa shape index (κ3) is 6.16. The van der Waals surface area contributed by atoms with E-state index in [2.05, 4.69) is 46.5 Å². The van der Waals surface area contributed by atoms with E-state index in [-0.39, 0.29) is 34.9 Å². The Morgan fingerprint density at radius 2 is 1.83 bits per heavy atom. The van der Waals surface area contributed by atoms with Crippen LogP contribution in [0.2, 0.25) is 0 Å². The number of nitrogens with zero attached hydrogens (tertiary/aromatic N) is 7. The summed E-state index contributed by atoms with van der Waals surface area (Å²) in [4.78, 5) is 34.1. The van der Waals surface area contributed by atoms with Gasteiger partial charge in [-0.15, -0.1) is 11.5 Å². The molecule has 9 rings (SSSR count). The molecule has 2 aliphatic heterocycles. The van der Waals surface area contributed by atoms with Crippen molar-refractivity contribution in [2.24, 2.45) is 0 Å². The Morgan fingerprint density at radius 3 is 2.60 bits per heavy atom. The molecule has 11 nitrogen and oxygen atoms in total. The minimum Gasteiger partial charge on any atom is -0.453 e. The summed E-state index contributed by atoms with van der Waals surface area (Å²) < 4.78 is 39.1. The standard InChI is InChI=1S/C38H31F2N9O2S/c1-2-27-30(39)15-8-21-4-3-5-28(32(21)27)34-33(40)35-29(16-41-34)37(48-17-24-9-10-25(18-48)43-24)46-38(45-35)51-19-31(50)44-23-11-13-26(14-12-23)52-49-20-42-36(47-49)22-6-7-22/h1,3-5,8,11-16,20,22,24-25,43H,6-7,9-10,17-19H2,(H,44,50). The third-order valence-electron chi connectivity index (χ3n) is 9.66. The highest BCUT2D eigenvalue weighted by molar-refractivity contribution is 7.97. The van der Waals surface area contributed by atoms with E-state index in [9.17, 15) is 9.18 Å². The molecule has 0 spiro atoms. The van der Waals surface area contributed by atoms with Crippen LogP contribution >= 0.6 is 11.9 Å². The van der Waals surface area contributed by atoms with Crippen molar-refractivity contribution in [2.45, 2.75) is 48.6 Å². The van der Waals surface area contributed by atoms with E-state index in [0.29, 0.717) is 52.2 Å². The molecule has 5 heterocycles. The molecule has 2 unspecified atom stereocenters. The molecule has 1 saturated carbocycles. The molecule has 0 radical (unpaired) electrons. The smallest absolute Gasteiger partial charge is 0.319 e. The lowest BCUT2D eigenvalue weighted by molar-refractivity contribution is -0.118. The zero-order valence-corrected chi connectivity index (χ0v) is 28.5. The van der Waals surface area contributed by atoms with Crippen LogP contribution in [0, 0.1) is 24.0 Å². The Morgan fingerprint density at radius 1 is 1.02 bits per heavy atom. The number of rotatable bonds is 9. The fraction of sp³-hybridized carbons (Fsp3) is 0.263. The molecular formula is C38H31F2N9O2S. The Kier molecular flexibility index (Phi) is 8.16. The molecule has 14 heteroatoms. The van der Waals surface area contributed by atoms with Crippen LogP contribution in [0.5, 0.6) is 6.01 Å². The second kappa shape index (κ2) is 13.2. The summed E-state index contributed by atoms with van der Waals surface area (Å²) in [5, 5.41) is 12.4. The van der Waals surface area contributed by atoms with Crippen LogP contribution < -0.4 is 20.3 Å². The summed E-state index contributed by atoms with van der Waals surface area (Å²) in [6.07, 6.45) is 13.3. The summed E-state index contributed by atoms with van der Waals surface area (Å²) in [6.45, 7) is 0.907. The SMILES string of the molecule is C#Cc1c(F)ccc2cccc(-c3ncc4c(N5CC6CCC(C5)N6)nc(OCC(=O)Nc5ccc(Sn6cnc(C7CC7)n6)cc5)nc4c3F)c12. The average Bonchev–Trinajstić information content (AvgIpc) is 3.82. The van der Waals surface area contributed by atoms with E-state index in [0.717, 1.165) is 36.4 Å². The summed E-state index contributed by atoms with van der Waals surface area (Å²) >= 11 is 1.43. The fourth-order valence-corrected chi connectivity index (χ4v) is 7.74. The van der Waals surface area contributed by atoms with Crippen LogP contribution in [0.4, 0.5) is 20.3 Å². The maximum atomic E-state index is 16.7. The summed E-state index contributed by atoms with van der Waals surface area (Å²) in [5.74, 6) is 2.48. The molecule has 2 atom stereocenters. The number of amides is 1. The molecule has 2 saturated heterocycles. The van der Waals surface area contributed by atoms with E-state index in [1.54, 1.807) is 46.8 Å². The van der Waals surface area contributed by atoms with Gasteiger partial charge >= 0.3 is 6.01 Å². The molecule has 3 aromatic carbocycles. The topological polar surface area (TPSA) is 123 Å². The van der Waals surface area contributed by atoms with Gasteiger partial charge in [0.15, 0.2) is 18.2 Å². The maximum Gasteiger partial charge on any atom is 0.319 e. The minimum atomic E-state index is -0.735. The number of benzene rings is 3. The van der Waals surface area contributed by atoms with Gasteiger partial charge in [0.25, 0.3) is 5.91 Å². The third-order valence-corrected chi connectivity index (χ3v) is 10.5. The van der Waals surface area contributed by atoms with Crippen LogP contribution in [0.3, 0.4) is 0 Å². The Hall–Kier alpha value is -5.65. The first-order valence-corrected chi connectivity index (χ1v) is 17.9. The van der Waals surface area contributed by atoms with Gasteiger partial charge in [0.1, 0.15) is 29.2 Å². The summed E-state index contributed by atoms with van der Waals surface area (Å²) in [6, 6.07) is 15.8. The zero-order valence-electron chi connectivity index (χ0n) is 27.7. The molecule has 6 aromatic rings. The second-order valence-electron chi connectivity index (χ2n) is 13.3. The van der Waals surface area contributed by atoms with Gasteiger partial charge in [-0.25, -0.2) is 13.8 Å². The van der Waals surface area contributed by atoms with E-state index in [1.165, 1.54) is 24.2 Å². The molecule has 1 aliphatic carbocycles. The number of aromatic nitrogens is 6. The number of halogens is 2. The van der Waals surface area contributed by atoms with Gasteiger partial charge in [0.05, 0.1) is 10.9 Å². The first-order chi connectivity index (χ1) is 25.4. The van der Waals surface area contributed by atoms with Gasteiger partial charge in [0, 0.05) is 70.8 Å². The number of pyridine rings is 1. The first-order valence-electron chi connectivity index (χ1n) is 17.1. The highest BCUT2D eigenvalue weighted by Gasteiger charge is 2.34. The van der Waals surface area contributed by atoms with Gasteiger partial charge in [-0.2, -0.15) is 14.1 Å². The van der Waals surface area contributed by atoms with Gasteiger partial charge < -0.3 is 20.3 Å². The normalized spacial score (nSPS) is 18.1. The highest BCUT2D eigenvalue weighted by atomic mass is 32.2. The Balaban J connectivity index is 0.994. The summed E-state index contributed by atoms with van der Waals surface area (Å²) in [5.41, 5.74) is 0.862. The molecule has 3 aromatic heterocycles. The number of anilines is 2. The van der Waals surface area contributed by atoms with Crippen LogP contribution in [-0.2, 0) is 4.79 Å².